The summed E-state index contributed by atoms with van der Waals surface area (Å²) in [7, 11) is 15.5. The van der Waals surface area contributed by atoms with Crippen molar-refractivity contribution in [3.63, 3.8) is 0 Å². The summed E-state index contributed by atoms with van der Waals surface area (Å²) in [5, 5.41) is 6.42. The molecule has 0 radical (unpaired) electrons. The fourth-order valence-corrected chi connectivity index (χ4v) is 8.89. The number of hydrogen-bond donors (Lipinski definition) is 3. The number of imidazole rings is 1. The average molecular weight is 923 g/mol. The molecule has 4 heterocycles. The van der Waals surface area contributed by atoms with Crippen molar-refractivity contribution in [2.45, 2.75) is 82.2 Å². The highest BCUT2D eigenvalue weighted by Crippen LogP contribution is 2.35. The van der Waals surface area contributed by atoms with Crippen LogP contribution in [0.4, 0.5) is 16.2 Å². The van der Waals surface area contributed by atoms with Crippen LogP contribution >= 0.6 is 18.8 Å². The Labute approximate surface area is 387 Å². The summed E-state index contributed by atoms with van der Waals surface area (Å²) in [6.45, 7) is 8.92. The Balaban J connectivity index is 0.000000201. The molecule has 1 aromatic heterocycles. The molecular formula is C48H76N8O6P2. The van der Waals surface area contributed by atoms with Crippen molar-refractivity contribution in [3.8, 4) is 5.69 Å². The molecule has 354 valence electrons. The fourth-order valence-electron chi connectivity index (χ4n) is 8.29. The van der Waals surface area contributed by atoms with Crippen LogP contribution in [0, 0.1) is 0 Å². The van der Waals surface area contributed by atoms with Gasteiger partial charge < -0.3 is 44.8 Å². The summed E-state index contributed by atoms with van der Waals surface area (Å²) in [5.74, 6) is 1.69. The Morgan fingerprint density at radius 1 is 0.734 bits per heavy atom. The Hall–Kier alpha value is -3.68. The summed E-state index contributed by atoms with van der Waals surface area (Å²) in [4.78, 5) is 26.1. The van der Waals surface area contributed by atoms with Crippen molar-refractivity contribution >= 4 is 36.2 Å². The number of nitrogens with zero attached hydrogens (tertiary/aromatic N) is 5. The van der Waals surface area contributed by atoms with E-state index in [2.05, 4.69) is 69.1 Å². The molecule has 16 heteroatoms. The molecule has 7 rings (SSSR count). The number of para-hydroxylation sites is 3. The van der Waals surface area contributed by atoms with Crippen LogP contribution < -0.4 is 22.1 Å². The molecule has 2 unspecified atom stereocenters. The highest BCUT2D eigenvalue weighted by molar-refractivity contribution is 7.13. The van der Waals surface area contributed by atoms with Gasteiger partial charge in [0.15, 0.2) is 12.6 Å². The number of aryl methyl sites for hydroxylation is 1. The normalized spacial score (nSPS) is 16.5. The third kappa shape index (κ3) is 16.3. The van der Waals surface area contributed by atoms with E-state index < -0.39 is 6.29 Å². The molecule has 3 saturated heterocycles. The highest BCUT2D eigenvalue weighted by Gasteiger charge is 2.24. The van der Waals surface area contributed by atoms with Crippen molar-refractivity contribution < 1.29 is 23.7 Å². The van der Waals surface area contributed by atoms with Crippen LogP contribution in [0.3, 0.4) is 0 Å². The van der Waals surface area contributed by atoms with E-state index >= 15 is 0 Å². The number of urea groups is 1. The number of methoxy groups -OCH3 is 4. The number of likely N-dealkylation sites (N-methyl/N-ethyl adjacent to an activating group) is 1. The molecule has 0 aliphatic carbocycles. The average Bonchev–Trinajstić information content (AvgIpc) is 3.67. The molecule has 3 aromatic carbocycles. The van der Waals surface area contributed by atoms with Gasteiger partial charge in [0, 0.05) is 92.5 Å². The topological polar surface area (TPSA) is 141 Å². The maximum absolute atomic E-state index is 12.5. The first-order valence-electron chi connectivity index (χ1n) is 22.5. The van der Waals surface area contributed by atoms with Crippen LogP contribution in [0.25, 0.3) is 5.69 Å². The molecule has 3 aliphatic heterocycles. The number of carbonyl (C=O) groups excluding carboxylic acids is 1. The SMILES string of the molecule is CCC(OC)OC.COC(CN(C)C(=O)Nc1ccccc1C1CCN(P)CC1)OC.Cn1ccn(-c2ccccc2C2CCNCC2)c1=O.Nc1ccccc1C1CCN(P)CC1. The number of rotatable bonds is 12. The van der Waals surface area contributed by atoms with E-state index in [-0.39, 0.29) is 18.0 Å². The molecule has 0 bridgehead atoms. The van der Waals surface area contributed by atoms with Gasteiger partial charge in [-0.15, -0.1) is 0 Å². The molecule has 0 spiro atoms. The maximum Gasteiger partial charge on any atom is 0.332 e. The van der Waals surface area contributed by atoms with Gasteiger partial charge in [0.1, 0.15) is 0 Å². The number of piperidine rings is 3. The van der Waals surface area contributed by atoms with Gasteiger partial charge in [-0.1, -0.05) is 80.3 Å². The zero-order valence-corrected chi connectivity index (χ0v) is 41.6. The first-order valence-corrected chi connectivity index (χ1v) is 23.6. The number of anilines is 2. The number of hydrogen-bond acceptors (Lipinski definition) is 10. The smallest absolute Gasteiger partial charge is 0.332 e. The largest absolute Gasteiger partial charge is 0.398 e. The number of nitrogen functional groups attached to an aromatic ring is 1. The molecule has 14 nitrogen and oxygen atoms in total. The molecule has 4 aromatic rings. The number of carbonyl (C=O) groups is 1. The lowest BCUT2D eigenvalue weighted by molar-refractivity contribution is -0.108. The van der Waals surface area contributed by atoms with Crippen molar-refractivity contribution in [1.29, 1.82) is 0 Å². The fraction of sp³-hybridized carbons (Fsp3) is 0.542. The van der Waals surface area contributed by atoms with Crippen LogP contribution in [-0.2, 0) is 26.0 Å². The van der Waals surface area contributed by atoms with Gasteiger partial charge in [0.05, 0.1) is 12.2 Å². The number of benzene rings is 3. The van der Waals surface area contributed by atoms with Crippen molar-refractivity contribution in [2.24, 2.45) is 7.05 Å². The summed E-state index contributed by atoms with van der Waals surface area (Å²) in [6, 6.07) is 24.4. The van der Waals surface area contributed by atoms with E-state index in [1.165, 1.54) is 29.5 Å². The van der Waals surface area contributed by atoms with Crippen LogP contribution in [-0.4, -0.2) is 123 Å². The van der Waals surface area contributed by atoms with Gasteiger partial charge in [-0.25, -0.2) is 9.59 Å². The molecule has 3 aliphatic rings. The predicted octanol–water partition coefficient (Wildman–Crippen LogP) is 7.64. The Kier molecular flexibility index (Phi) is 23.5. The zero-order chi connectivity index (χ0) is 46.4. The number of nitrogens with two attached hydrogens (primary N) is 1. The standard InChI is InChI=1S/C17H28N3O3P.C15H19N3O.C11H17N2P.C5H12O2/c1-19(12-16(22-2)23-3)17(21)18-15-7-5-4-6-14(15)13-8-10-20(24)11-9-13;1-17-10-11-18(15(17)19)14-5-3-2-4-13(14)12-6-8-16-9-7-12;12-11-4-2-1-3-10(11)9-5-7-13(14)8-6-9;1-4-5(6-2)7-3/h4-7,13,16H,8-12,24H2,1-3H3,(H,18,21);2-5,10-12,16H,6-9H2,1H3;1-4,9H,5-8,12,14H2;5H,4H2,1-3H3. The second-order valence-electron chi connectivity index (χ2n) is 16.5. The van der Waals surface area contributed by atoms with E-state index in [0.717, 1.165) is 88.4 Å². The van der Waals surface area contributed by atoms with Gasteiger partial charge in [0.2, 0.25) is 0 Å². The Morgan fingerprint density at radius 3 is 1.72 bits per heavy atom. The number of nitrogens with one attached hydrogen (secondary N) is 2. The van der Waals surface area contributed by atoms with Crippen molar-refractivity contribution in [3.05, 3.63) is 112 Å². The van der Waals surface area contributed by atoms with Crippen molar-refractivity contribution in [2.75, 3.05) is 92.4 Å². The molecule has 2 atom stereocenters. The molecule has 64 heavy (non-hydrogen) atoms. The van der Waals surface area contributed by atoms with Gasteiger partial charge >= 0.3 is 11.7 Å². The van der Waals surface area contributed by atoms with Crippen LogP contribution in [0.1, 0.15) is 86.3 Å². The van der Waals surface area contributed by atoms with Gasteiger partial charge in [-0.2, -0.15) is 0 Å². The summed E-state index contributed by atoms with van der Waals surface area (Å²) in [6.07, 6.45) is 11.0. The lowest BCUT2D eigenvalue weighted by Crippen LogP contribution is -2.38. The lowest BCUT2D eigenvalue weighted by atomic mass is 9.89. The number of ether oxygens (including phenoxy) is 4. The molecule has 4 N–H and O–H groups in total. The first kappa shape index (κ1) is 52.9. The quantitative estimate of drug-likeness (QED) is 0.0739. The van der Waals surface area contributed by atoms with E-state index in [4.69, 9.17) is 24.7 Å². The molecule has 2 amide bonds. The molecule has 3 fully saturated rings. The van der Waals surface area contributed by atoms with E-state index in [1.807, 2.05) is 61.8 Å². The number of amides is 2. The predicted molar refractivity (Wildman–Crippen MR) is 267 cm³/mol. The van der Waals surface area contributed by atoms with Gasteiger partial charge in [-0.3, -0.25) is 13.9 Å². The van der Waals surface area contributed by atoms with E-state index in [9.17, 15) is 9.59 Å². The maximum atomic E-state index is 12.5. The third-order valence-corrected chi connectivity index (χ3v) is 13.2. The first-order chi connectivity index (χ1) is 30.9. The van der Waals surface area contributed by atoms with E-state index in [1.54, 1.807) is 56.6 Å². The summed E-state index contributed by atoms with van der Waals surface area (Å²) < 4.78 is 27.9. The van der Waals surface area contributed by atoms with E-state index in [0.29, 0.717) is 24.3 Å². The second-order valence-corrected chi connectivity index (χ2v) is 18.0. The summed E-state index contributed by atoms with van der Waals surface area (Å²) >= 11 is 0. The van der Waals surface area contributed by atoms with Crippen molar-refractivity contribution in [1.82, 2.24) is 28.7 Å². The zero-order valence-electron chi connectivity index (χ0n) is 39.3. The highest BCUT2D eigenvalue weighted by atomic mass is 31.0. The second kappa shape index (κ2) is 28.4. The van der Waals surface area contributed by atoms with Crippen LogP contribution in [0.5, 0.6) is 0 Å². The Morgan fingerprint density at radius 2 is 1.22 bits per heavy atom. The van der Waals surface area contributed by atoms with Crippen LogP contribution in [0.2, 0.25) is 0 Å². The minimum Gasteiger partial charge on any atom is -0.398 e. The lowest BCUT2D eigenvalue weighted by Gasteiger charge is -2.30. The molecular weight excluding hydrogens is 847 g/mol. The minimum absolute atomic E-state index is 0.0139. The summed E-state index contributed by atoms with van der Waals surface area (Å²) in [5.41, 5.74) is 12.7. The van der Waals surface area contributed by atoms with Crippen LogP contribution in [0.15, 0.2) is 90.0 Å². The Bertz CT molecular complexity index is 1980. The van der Waals surface area contributed by atoms with Gasteiger partial charge in [-0.05, 0) is 111 Å². The van der Waals surface area contributed by atoms with Gasteiger partial charge in [0.25, 0.3) is 0 Å². The minimum atomic E-state index is -0.428. The molecule has 0 saturated carbocycles. The third-order valence-electron chi connectivity index (χ3n) is 12.2. The monoisotopic (exact) mass is 923 g/mol. The number of aromatic nitrogens is 2.